The third kappa shape index (κ3) is 4.73. The number of carbonyl (C=O) groups is 2. The molecule has 2 amide bonds. The Kier molecular flexibility index (Phi) is 6.07. The highest BCUT2D eigenvalue weighted by molar-refractivity contribution is 5.92. The molecule has 3 rings (SSSR count). The van der Waals surface area contributed by atoms with Crippen LogP contribution in [0, 0.1) is 0 Å². The van der Waals surface area contributed by atoms with Crippen molar-refractivity contribution >= 4 is 28.9 Å². The summed E-state index contributed by atoms with van der Waals surface area (Å²) in [7, 11) is 0. The Hall–Kier alpha value is -2.60. The van der Waals surface area contributed by atoms with Crippen LogP contribution in [0.5, 0.6) is 0 Å². The summed E-state index contributed by atoms with van der Waals surface area (Å²) >= 11 is 0. The van der Waals surface area contributed by atoms with Gasteiger partial charge < -0.3 is 14.6 Å². The minimum absolute atomic E-state index is 0.0229. The Balaban J connectivity index is 1.55. The van der Waals surface area contributed by atoms with Gasteiger partial charge in [-0.05, 0) is 31.6 Å². The first-order chi connectivity index (χ1) is 12.7. The summed E-state index contributed by atoms with van der Waals surface area (Å²) in [6.45, 7) is 5.82. The minimum Gasteiger partial charge on any atom is -0.457 e. The van der Waals surface area contributed by atoms with Gasteiger partial charge in [0, 0.05) is 44.2 Å². The lowest BCUT2D eigenvalue weighted by atomic mass is 10.2. The number of benzene rings is 1. The molecule has 26 heavy (non-hydrogen) atoms. The zero-order valence-electron chi connectivity index (χ0n) is 15.1. The lowest BCUT2D eigenvalue weighted by Gasteiger charge is -2.20. The Morgan fingerprint density at radius 3 is 2.85 bits per heavy atom. The van der Waals surface area contributed by atoms with Gasteiger partial charge in [0.05, 0.1) is 6.54 Å². The summed E-state index contributed by atoms with van der Waals surface area (Å²) in [5.41, 5.74) is 0.815. The van der Waals surface area contributed by atoms with Crippen molar-refractivity contribution < 1.29 is 14.0 Å². The van der Waals surface area contributed by atoms with E-state index in [1.165, 1.54) is 0 Å². The van der Waals surface area contributed by atoms with E-state index in [9.17, 15) is 9.59 Å². The molecule has 1 saturated heterocycles. The molecule has 2 aromatic rings. The Morgan fingerprint density at radius 1 is 1.19 bits per heavy atom. The van der Waals surface area contributed by atoms with E-state index in [2.05, 4.69) is 10.2 Å². The van der Waals surface area contributed by atoms with E-state index in [0.29, 0.717) is 38.5 Å². The molecule has 1 aromatic heterocycles. The minimum atomic E-state index is -0.0229. The number of nitrogens with zero attached hydrogens (tertiary/aromatic N) is 2. The molecule has 0 spiro atoms. The largest absolute Gasteiger partial charge is 0.457 e. The zero-order valence-corrected chi connectivity index (χ0v) is 15.1. The van der Waals surface area contributed by atoms with E-state index in [4.69, 9.17) is 4.42 Å². The third-order valence-electron chi connectivity index (χ3n) is 4.48. The smallest absolute Gasteiger partial charge is 0.246 e. The molecule has 1 aliphatic heterocycles. The van der Waals surface area contributed by atoms with Crippen molar-refractivity contribution in [1.82, 2.24) is 15.1 Å². The molecule has 0 aliphatic carbocycles. The van der Waals surface area contributed by atoms with Gasteiger partial charge in [-0.15, -0.1) is 0 Å². The van der Waals surface area contributed by atoms with E-state index in [1.54, 1.807) is 12.2 Å². The number of rotatable bonds is 5. The van der Waals surface area contributed by atoms with Crippen LogP contribution in [0.4, 0.5) is 0 Å². The lowest BCUT2D eigenvalue weighted by molar-refractivity contribution is -0.125. The molecule has 0 atom stereocenters. The second-order valence-electron chi connectivity index (χ2n) is 6.43. The number of hydrogen-bond donors (Lipinski definition) is 1. The lowest BCUT2D eigenvalue weighted by Crippen LogP contribution is -2.39. The summed E-state index contributed by atoms with van der Waals surface area (Å²) < 4.78 is 5.70. The molecule has 0 unspecified atom stereocenters. The van der Waals surface area contributed by atoms with Crippen molar-refractivity contribution in [3.8, 4) is 0 Å². The molecular formula is C20H25N3O3. The van der Waals surface area contributed by atoms with Gasteiger partial charge in [-0.3, -0.25) is 14.5 Å². The molecule has 1 aliphatic rings. The Morgan fingerprint density at radius 2 is 2.04 bits per heavy atom. The van der Waals surface area contributed by atoms with Crippen LogP contribution in [-0.2, 0) is 9.59 Å². The maximum absolute atomic E-state index is 12.5. The third-order valence-corrected chi connectivity index (χ3v) is 4.48. The van der Waals surface area contributed by atoms with Crippen molar-refractivity contribution in [1.29, 1.82) is 0 Å². The van der Waals surface area contributed by atoms with Crippen molar-refractivity contribution in [2.45, 2.75) is 13.3 Å². The molecular weight excluding hydrogens is 330 g/mol. The fourth-order valence-corrected chi connectivity index (χ4v) is 3.15. The number of fused-ring (bicyclic) bond motifs is 1. The highest BCUT2D eigenvalue weighted by Gasteiger charge is 2.19. The first-order valence-electron chi connectivity index (χ1n) is 9.10. The van der Waals surface area contributed by atoms with Gasteiger partial charge in [-0.2, -0.15) is 0 Å². The van der Waals surface area contributed by atoms with Gasteiger partial charge in [0.15, 0.2) is 0 Å². The summed E-state index contributed by atoms with van der Waals surface area (Å²) in [6.07, 6.45) is 4.15. The molecule has 2 heterocycles. The van der Waals surface area contributed by atoms with Crippen LogP contribution in [0.25, 0.3) is 17.0 Å². The summed E-state index contributed by atoms with van der Waals surface area (Å²) in [6, 6.07) is 9.70. The summed E-state index contributed by atoms with van der Waals surface area (Å²) in [5, 5.41) is 3.84. The Labute approximate surface area is 153 Å². The maximum atomic E-state index is 12.5. The average molecular weight is 355 g/mol. The van der Waals surface area contributed by atoms with Crippen molar-refractivity contribution in [2.75, 3.05) is 39.3 Å². The van der Waals surface area contributed by atoms with E-state index < -0.39 is 0 Å². The van der Waals surface area contributed by atoms with Crippen molar-refractivity contribution in [2.24, 2.45) is 0 Å². The first-order valence-corrected chi connectivity index (χ1v) is 9.10. The van der Waals surface area contributed by atoms with Crippen LogP contribution < -0.4 is 5.32 Å². The molecule has 1 N–H and O–H groups in total. The van der Waals surface area contributed by atoms with Gasteiger partial charge in [0.1, 0.15) is 11.3 Å². The van der Waals surface area contributed by atoms with Crippen molar-refractivity contribution in [3.05, 3.63) is 42.2 Å². The number of hydrogen-bond acceptors (Lipinski definition) is 4. The van der Waals surface area contributed by atoms with Crippen LogP contribution in [-0.4, -0.2) is 60.9 Å². The standard InChI is InChI=1S/C20H25N3O3/c1-2-21-19(24)15-22-10-5-11-23(13-12-22)20(25)9-8-17-14-16-6-3-4-7-18(16)26-17/h3-4,6-9,14H,2,5,10-13,15H2,1H3,(H,21,24)/b9-8+. The molecule has 138 valence electrons. The summed E-state index contributed by atoms with van der Waals surface area (Å²) in [5.74, 6) is 0.689. The molecule has 0 bridgehead atoms. The number of furan rings is 1. The molecule has 6 heteroatoms. The van der Waals surface area contributed by atoms with E-state index >= 15 is 0 Å². The quantitative estimate of drug-likeness (QED) is 0.835. The van der Waals surface area contributed by atoms with Crippen LogP contribution >= 0.6 is 0 Å². The van der Waals surface area contributed by atoms with Gasteiger partial charge >= 0.3 is 0 Å². The molecule has 1 fully saturated rings. The molecule has 0 radical (unpaired) electrons. The SMILES string of the molecule is CCNC(=O)CN1CCCN(C(=O)/C=C/c2cc3ccccc3o2)CC1. The van der Waals surface area contributed by atoms with Crippen molar-refractivity contribution in [3.63, 3.8) is 0 Å². The fraction of sp³-hybridized carbons (Fsp3) is 0.400. The highest BCUT2D eigenvalue weighted by Crippen LogP contribution is 2.19. The fourth-order valence-electron chi connectivity index (χ4n) is 3.15. The van der Waals surface area contributed by atoms with Crippen LogP contribution in [0.2, 0.25) is 0 Å². The molecule has 6 nitrogen and oxygen atoms in total. The van der Waals surface area contributed by atoms with Gasteiger partial charge in [0.25, 0.3) is 0 Å². The van der Waals surface area contributed by atoms with Gasteiger partial charge in [-0.1, -0.05) is 18.2 Å². The van der Waals surface area contributed by atoms with E-state index in [1.807, 2.05) is 42.2 Å². The number of para-hydroxylation sites is 1. The topological polar surface area (TPSA) is 65.8 Å². The van der Waals surface area contributed by atoms with Gasteiger partial charge in [0.2, 0.25) is 11.8 Å². The normalized spacial score (nSPS) is 16.1. The number of amides is 2. The van der Waals surface area contributed by atoms with Crippen LogP contribution in [0.1, 0.15) is 19.1 Å². The first kappa shape index (κ1) is 18.2. The molecule has 1 aromatic carbocycles. The van der Waals surface area contributed by atoms with E-state index in [0.717, 1.165) is 23.9 Å². The second-order valence-corrected chi connectivity index (χ2v) is 6.43. The van der Waals surface area contributed by atoms with Crippen LogP contribution in [0.15, 0.2) is 40.8 Å². The number of carbonyl (C=O) groups excluding carboxylic acids is 2. The number of nitrogens with one attached hydrogen (secondary N) is 1. The van der Waals surface area contributed by atoms with Gasteiger partial charge in [-0.25, -0.2) is 0 Å². The highest BCUT2D eigenvalue weighted by atomic mass is 16.3. The monoisotopic (exact) mass is 355 g/mol. The summed E-state index contributed by atoms with van der Waals surface area (Å²) in [4.78, 5) is 28.1. The number of likely N-dealkylation sites (N-methyl/N-ethyl adjacent to an activating group) is 1. The maximum Gasteiger partial charge on any atom is 0.246 e. The van der Waals surface area contributed by atoms with Crippen LogP contribution in [0.3, 0.4) is 0 Å². The molecule has 0 saturated carbocycles. The second kappa shape index (κ2) is 8.67. The predicted octanol–water partition coefficient (Wildman–Crippen LogP) is 2.12. The predicted molar refractivity (Wildman–Crippen MR) is 102 cm³/mol. The van der Waals surface area contributed by atoms with E-state index in [-0.39, 0.29) is 11.8 Å². The Bertz CT molecular complexity index is 763. The zero-order chi connectivity index (χ0) is 18.4. The average Bonchev–Trinajstić information content (AvgIpc) is 2.91.